The van der Waals surface area contributed by atoms with Crippen LogP contribution in [0.4, 0.5) is 0 Å². The van der Waals surface area contributed by atoms with Gasteiger partial charge < -0.3 is 10.4 Å². The Morgan fingerprint density at radius 1 is 1.53 bits per heavy atom. The highest BCUT2D eigenvalue weighted by atomic mass is 16.3. The number of hydrogen-bond donors (Lipinski definition) is 3. The zero-order valence-electron chi connectivity index (χ0n) is 8.79. The molecule has 4 heteroatoms. The van der Waals surface area contributed by atoms with Crippen LogP contribution in [-0.4, -0.2) is 23.8 Å². The van der Waals surface area contributed by atoms with Crippen LogP contribution in [0.3, 0.4) is 0 Å². The SMILES string of the molecule is CNC(=O)C(=N)c1cccc(C)c1CO. The first-order chi connectivity index (χ1) is 7.11. The molecule has 0 aliphatic carbocycles. The Morgan fingerprint density at radius 3 is 2.73 bits per heavy atom. The summed E-state index contributed by atoms with van der Waals surface area (Å²) in [6, 6.07) is 5.27. The second kappa shape index (κ2) is 4.70. The molecule has 0 heterocycles. The van der Waals surface area contributed by atoms with E-state index in [0.717, 1.165) is 5.56 Å². The van der Waals surface area contributed by atoms with Gasteiger partial charge in [-0.25, -0.2) is 0 Å². The van der Waals surface area contributed by atoms with Crippen LogP contribution in [0.1, 0.15) is 16.7 Å². The highest BCUT2D eigenvalue weighted by Gasteiger charge is 2.14. The highest BCUT2D eigenvalue weighted by Crippen LogP contribution is 2.14. The smallest absolute Gasteiger partial charge is 0.269 e. The minimum atomic E-state index is -0.449. The Morgan fingerprint density at radius 2 is 2.20 bits per heavy atom. The molecule has 0 unspecified atom stereocenters. The Kier molecular flexibility index (Phi) is 3.57. The minimum absolute atomic E-state index is 0.120. The van der Waals surface area contributed by atoms with Gasteiger partial charge in [0.2, 0.25) is 0 Å². The molecule has 15 heavy (non-hydrogen) atoms. The van der Waals surface area contributed by atoms with E-state index in [0.29, 0.717) is 11.1 Å². The number of carbonyl (C=O) groups excluding carboxylic acids is 1. The summed E-state index contributed by atoms with van der Waals surface area (Å²) >= 11 is 0. The van der Waals surface area contributed by atoms with Gasteiger partial charge in [-0.3, -0.25) is 10.2 Å². The molecule has 0 fully saturated rings. The molecule has 1 amide bonds. The van der Waals surface area contributed by atoms with Crippen LogP contribution in [0.25, 0.3) is 0 Å². The number of aliphatic hydroxyl groups excluding tert-OH is 1. The lowest BCUT2D eigenvalue weighted by molar-refractivity contribution is -0.114. The summed E-state index contributed by atoms with van der Waals surface area (Å²) in [7, 11) is 1.48. The lowest BCUT2D eigenvalue weighted by Gasteiger charge is -2.10. The normalized spacial score (nSPS) is 9.80. The zero-order chi connectivity index (χ0) is 11.4. The van der Waals surface area contributed by atoms with Crippen LogP contribution in [0.15, 0.2) is 18.2 Å². The minimum Gasteiger partial charge on any atom is -0.392 e. The van der Waals surface area contributed by atoms with Crippen molar-refractivity contribution in [1.29, 1.82) is 5.41 Å². The summed E-state index contributed by atoms with van der Waals surface area (Å²) in [6.45, 7) is 1.67. The van der Waals surface area contributed by atoms with Crippen molar-refractivity contribution in [3.63, 3.8) is 0 Å². The van der Waals surface area contributed by atoms with Gasteiger partial charge in [0.15, 0.2) is 0 Å². The Hall–Kier alpha value is -1.68. The lowest BCUT2D eigenvalue weighted by atomic mass is 9.98. The number of carbonyl (C=O) groups is 1. The molecule has 1 aromatic carbocycles. The summed E-state index contributed by atoms with van der Waals surface area (Å²) in [5, 5.41) is 19.2. The molecule has 80 valence electrons. The van der Waals surface area contributed by atoms with Crippen LogP contribution in [0.2, 0.25) is 0 Å². The van der Waals surface area contributed by atoms with Crippen molar-refractivity contribution >= 4 is 11.6 Å². The molecule has 0 atom stereocenters. The van der Waals surface area contributed by atoms with E-state index in [9.17, 15) is 9.90 Å². The van der Waals surface area contributed by atoms with Crippen LogP contribution in [0, 0.1) is 12.3 Å². The van der Waals surface area contributed by atoms with Crippen molar-refractivity contribution in [3.05, 3.63) is 34.9 Å². The molecular formula is C11H14N2O2. The molecule has 0 radical (unpaired) electrons. The maximum Gasteiger partial charge on any atom is 0.269 e. The van der Waals surface area contributed by atoms with Gasteiger partial charge in [-0.15, -0.1) is 0 Å². The number of rotatable bonds is 3. The molecule has 1 aromatic rings. The van der Waals surface area contributed by atoms with Gasteiger partial charge in [0.1, 0.15) is 5.71 Å². The number of hydrogen-bond acceptors (Lipinski definition) is 3. The Labute approximate surface area is 88.4 Å². The van der Waals surface area contributed by atoms with E-state index in [-0.39, 0.29) is 12.3 Å². The van der Waals surface area contributed by atoms with Gasteiger partial charge >= 0.3 is 0 Å². The summed E-state index contributed by atoms with van der Waals surface area (Å²) in [5.41, 5.74) is 1.87. The van der Waals surface area contributed by atoms with Gasteiger partial charge in [0.25, 0.3) is 5.91 Å². The van der Waals surface area contributed by atoms with Gasteiger partial charge in [0, 0.05) is 12.6 Å². The number of aryl methyl sites for hydroxylation is 1. The van der Waals surface area contributed by atoms with E-state index in [1.165, 1.54) is 7.05 Å². The fourth-order valence-corrected chi connectivity index (χ4v) is 1.39. The third-order valence-corrected chi connectivity index (χ3v) is 2.29. The van der Waals surface area contributed by atoms with E-state index in [4.69, 9.17) is 5.41 Å². The van der Waals surface area contributed by atoms with Crippen molar-refractivity contribution in [3.8, 4) is 0 Å². The Balaban J connectivity index is 3.19. The molecule has 0 saturated carbocycles. The maximum absolute atomic E-state index is 11.3. The summed E-state index contributed by atoms with van der Waals surface area (Å²) < 4.78 is 0. The average Bonchev–Trinajstić information content (AvgIpc) is 2.26. The largest absolute Gasteiger partial charge is 0.392 e. The molecule has 0 spiro atoms. The molecule has 0 aliphatic rings. The quantitative estimate of drug-likeness (QED) is 0.634. The van der Waals surface area contributed by atoms with Crippen LogP contribution in [0.5, 0.6) is 0 Å². The number of nitrogens with one attached hydrogen (secondary N) is 2. The van der Waals surface area contributed by atoms with Crippen molar-refractivity contribution < 1.29 is 9.90 Å². The number of likely N-dealkylation sites (N-methyl/N-ethyl adjacent to an activating group) is 1. The predicted octanol–water partition coefficient (Wildman–Crippen LogP) is 0.601. The molecule has 0 aromatic heterocycles. The van der Waals surface area contributed by atoms with Gasteiger partial charge in [-0.2, -0.15) is 0 Å². The molecule has 0 saturated heterocycles. The van der Waals surface area contributed by atoms with Gasteiger partial charge in [0.05, 0.1) is 6.61 Å². The van der Waals surface area contributed by atoms with E-state index in [1.54, 1.807) is 12.1 Å². The fourth-order valence-electron chi connectivity index (χ4n) is 1.39. The summed E-state index contributed by atoms with van der Waals surface area (Å²) in [4.78, 5) is 11.3. The summed E-state index contributed by atoms with van der Waals surface area (Å²) in [5.74, 6) is -0.449. The first-order valence-electron chi connectivity index (χ1n) is 4.62. The average molecular weight is 206 g/mol. The van der Waals surface area contributed by atoms with Crippen molar-refractivity contribution in [2.24, 2.45) is 0 Å². The number of aliphatic hydroxyl groups is 1. The monoisotopic (exact) mass is 206 g/mol. The van der Waals surface area contributed by atoms with Gasteiger partial charge in [-0.05, 0) is 18.1 Å². The second-order valence-corrected chi connectivity index (χ2v) is 3.21. The van der Waals surface area contributed by atoms with E-state index >= 15 is 0 Å². The maximum atomic E-state index is 11.3. The fraction of sp³-hybridized carbons (Fsp3) is 0.273. The molecular weight excluding hydrogens is 192 g/mol. The van der Waals surface area contributed by atoms with Crippen LogP contribution >= 0.6 is 0 Å². The first kappa shape index (κ1) is 11.4. The van der Waals surface area contributed by atoms with Crippen molar-refractivity contribution in [2.75, 3.05) is 7.05 Å². The molecule has 0 bridgehead atoms. The number of benzene rings is 1. The van der Waals surface area contributed by atoms with Crippen LogP contribution in [-0.2, 0) is 11.4 Å². The third-order valence-electron chi connectivity index (χ3n) is 2.29. The Bertz CT molecular complexity index is 400. The molecule has 1 rings (SSSR count). The zero-order valence-corrected chi connectivity index (χ0v) is 8.79. The highest BCUT2D eigenvalue weighted by molar-refractivity contribution is 6.44. The molecule has 4 nitrogen and oxygen atoms in total. The standard InChI is InChI=1S/C11H14N2O2/c1-7-4-3-5-8(9(7)6-14)10(12)11(15)13-2/h3-5,12,14H,6H2,1-2H3,(H,13,15). The molecule has 0 aliphatic heterocycles. The molecule has 3 N–H and O–H groups in total. The lowest BCUT2D eigenvalue weighted by Crippen LogP contribution is -2.28. The van der Waals surface area contributed by atoms with Crippen LogP contribution < -0.4 is 5.32 Å². The van der Waals surface area contributed by atoms with Crippen molar-refractivity contribution in [2.45, 2.75) is 13.5 Å². The van der Waals surface area contributed by atoms with Crippen molar-refractivity contribution in [1.82, 2.24) is 5.32 Å². The van der Waals surface area contributed by atoms with Gasteiger partial charge in [-0.1, -0.05) is 18.2 Å². The van der Waals surface area contributed by atoms with E-state index in [2.05, 4.69) is 5.32 Å². The van der Waals surface area contributed by atoms with E-state index in [1.807, 2.05) is 13.0 Å². The first-order valence-corrected chi connectivity index (χ1v) is 4.62. The third kappa shape index (κ3) is 2.22. The van der Waals surface area contributed by atoms with E-state index < -0.39 is 5.91 Å². The topological polar surface area (TPSA) is 73.2 Å². The summed E-state index contributed by atoms with van der Waals surface area (Å²) in [6.07, 6.45) is 0. The predicted molar refractivity (Wildman–Crippen MR) is 58.0 cm³/mol. The number of amides is 1. The second-order valence-electron chi connectivity index (χ2n) is 3.21.